The van der Waals surface area contributed by atoms with Crippen molar-refractivity contribution < 1.29 is 4.79 Å². The summed E-state index contributed by atoms with van der Waals surface area (Å²) in [4.78, 5) is 12.8. The van der Waals surface area contributed by atoms with Crippen LogP contribution in [0.15, 0.2) is 30.3 Å². The SMILES string of the molecule is O=C1CN(Cc2ccccc2)C1. The fourth-order valence-corrected chi connectivity index (χ4v) is 1.41. The van der Waals surface area contributed by atoms with E-state index in [0.29, 0.717) is 18.9 Å². The summed E-state index contributed by atoms with van der Waals surface area (Å²) in [6.07, 6.45) is 0. The van der Waals surface area contributed by atoms with Gasteiger partial charge < -0.3 is 0 Å². The second-order valence-electron chi connectivity index (χ2n) is 3.17. The fourth-order valence-electron chi connectivity index (χ4n) is 1.41. The molecule has 62 valence electrons. The Morgan fingerprint density at radius 2 is 1.83 bits per heavy atom. The molecule has 0 aliphatic carbocycles. The molecular weight excluding hydrogens is 150 g/mol. The number of hydrogen-bond acceptors (Lipinski definition) is 2. The number of hydrogen-bond donors (Lipinski definition) is 0. The zero-order valence-electron chi connectivity index (χ0n) is 6.86. The van der Waals surface area contributed by atoms with Crippen molar-refractivity contribution in [2.75, 3.05) is 13.1 Å². The van der Waals surface area contributed by atoms with Crippen molar-refractivity contribution in [3.05, 3.63) is 35.9 Å². The topological polar surface area (TPSA) is 20.3 Å². The minimum absolute atomic E-state index is 0.353. The second kappa shape index (κ2) is 3.07. The van der Waals surface area contributed by atoms with Crippen LogP contribution in [0.5, 0.6) is 0 Å². The lowest BCUT2D eigenvalue weighted by Crippen LogP contribution is -2.46. The van der Waals surface area contributed by atoms with E-state index in [2.05, 4.69) is 17.0 Å². The third-order valence-electron chi connectivity index (χ3n) is 2.05. The molecule has 0 aromatic heterocycles. The number of carbonyl (C=O) groups excluding carboxylic acids is 1. The first-order valence-electron chi connectivity index (χ1n) is 4.12. The van der Waals surface area contributed by atoms with E-state index in [1.807, 2.05) is 18.2 Å². The summed E-state index contributed by atoms with van der Waals surface area (Å²) >= 11 is 0. The average Bonchev–Trinajstić information content (AvgIpc) is 2.04. The smallest absolute Gasteiger partial charge is 0.160 e. The Morgan fingerprint density at radius 3 is 2.42 bits per heavy atom. The lowest BCUT2D eigenvalue weighted by Gasteiger charge is -2.28. The maximum absolute atomic E-state index is 10.7. The second-order valence-corrected chi connectivity index (χ2v) is 3.17. The lowest BCUT2D eigenvalue weighted by atomic mass is 10.1. The van der Waals surface area contributed by atoms with Crippen LogP contribution in [0.3, 0.4) is 0 Å². The molecule has 2 nitrogen and oxygen atoms in total. The van der Waals surface area contributed by atoms with E-state index in [0.717, 1.165) is 6.54 Å². The molecule has 0 bridgehead atoms. The Hall–Kier alpha value is -1.15. The number of rotatable bonds is 2. The quantitative estimate of drug-likeness (QED) is 0.646. The molecule has 0 unspecified atom stereocenters. The number of nitrogens with zero attached hydrogens (tertiary/aromatic N) is 1. The normalized spacial score (nSPS) is 17.5. The molecule has 0 amide bonds. The molecule has 2 heteroatoms. The summed E-state index contributed by atoms with van der Waals surface area (Å²) in [6.45, 7) is 2.18. The van der Waals surface area contributed by atoms with E-state index >= 15 is 0 Å². The van der Waals surface area contributed by atoms with Gasteiger partial charge in [0, 0.05) is 6.54 Å². The molecule has 1 aromatic carbocycles. The van der Waals surface area contributed by atoms with Crippen molar-refractivity contribution in [1.82, 2.24) is 4.90 Å². The van der Waals surface area contributed by atoms with Crippen molar-refractivity contribution in [3.8, 4) is 0 Å². The lowest BCUT2D eigenvalue weighted by molar-refractivity contribution is -0.129. The summed E-state index contributed by atoms with van der Waals surface area (Å²) in [6, 6.07) is 10.2. The first kappa shape index (κ1) is 7.50. The Labute approximate surface area is 71.8 Å². The fraction of sp³-hybridized carbons (Fsp3) is 0.300. The molecule has 1 heterocycles. The molecule has 0 radical (unpaired) electrons. The van der Waals surface area contributed by atoms with Crippen molar-refractivity contribution >= 4 is 5.78 Å². The van der Waals surface area contributed by atoms with Crippen LogP contribution in [0.25, 0.3) is 0 Å². The number of carbonyl (C=O) groups is 1. The molecule has 1 aliphatic rings. The molecule has 12 heavy (non-hydrogen) atoms. The standard InChI is InChI=1S/C10H11NO/c12-10-7-11(8-10)6-9-4-2-1-3-5-9/h1-5H,6-8H2. The third-order valence-corrected chi connectivity index (χ3v) is 2.05. The van der Waals surface area contributed by atoms with Crippen LogP contribution < -0.4 is 0 Å². The molecule has 0 spiro atoms. The van der Waals surface area contributed by atoms with Crippen LogP contribution in [0.2, 0.25) is 0 Å². The van der Waals surface area contributed by atoms with Gasteiger partial charge in [-0.15, -0.1) is 0 Å². The minimum Gasteiger partial charge on any atom is -0.297 e. The molecule has 0 atom stereocenters. The van der Waals surface area contributed by atoms with E-state index in [1.165, 1.54) is 5.56 Å². The van der Waals surface area contributed by atoms with Crippen LogP contribution >= 0.6 is 0 Å². The Kier molecular flexibility index (Phi) is 1.92. The van der Waals surface area contributed by atoms with Gasteiger partial charge in [0.2, 0.25) is 0 Å². The van der Waals surface area contributed by atoms with Gasteiger partial charge in [-0.3, -0.25) is 9.69 Å². The third kappa shape index (κ3) is 1.53. The highest BCUT2D eigenvalue weighted by molar-refractivity contribution is 5.87. The molecule has 1 fully saturated rings. The maximum Gasteiger partial charge on any atom is 0.160 e. The first-order valence-corrected chi connectivity index (χ1v) is 4.12. The van der Waals surface area contributed by atoms with Crippen LogP contribution in [0, 0.1) is 0 Å². The van der Waals surface area contributed by atoms with Crippen molar-refractivity contribution in [2.24, 2.45) is 0 Å². The Balaban J connectivity index is 1.92. The van der Waals surface area contributed by atoms with Crippen LogP contribution in [0.1, 0.15) is 5.56 Å². The van der Waals surface area contributed by atoms with Gasteiger partial charge in [-0.25, -0.2) is 0 Å². The Bertz CT molecular complexity index is 273. The van der Waals surface area contributed by atoms with E-state index in [4.69, 9.17) is 0 Å². The van der Waals surface area contributed by atoms with Gasteiger partial charge in [-0.05, 0) is 5.56 Å². The average molecular weight is 161 g/mol. The molecule has 2 rings (SSSR count). The predicted octanol–water partition coefficient (Wildman–Crippen LogP) is 1.07. The van der Waals surface area contributed by atoms with Gasteiger partial charge in [-0.2, -0.15) is 0 Å². The maximum atomic E-state index is 10.7. The molecule has 1 aromatic rings. The number of ketones is 1. The largest absolute Gasteiger partial charge is 0.297 e. The molecule has 1 aliphatic heterocycles. The predicted molar refractivity (Wildman–Crippen MR) is 46.7 cm³/mol. The van der Waals surface area contributed by atoms with E-state index in [9.17, 15) is 4.79 Å². The summed E-state index contributed by atoms with van der Waals surface area (Å²) in [5.41, 5.74) is 1.28. The summed E-state index contributed by atoms with van der Waals surface area (Å²) < 4.78 is 0. The van der Waals surface area contributed by atoms with E-state index in [1.54, 1.807) is 0 Å². The highest BCUT2D eigenvalue weighted by Crippen LogP contribution is 2.08. The minimum atomic E-state index is 0.353. The van der Waals surface area contributed by atoms with Gasteiger partial charge in [0.1, 0.15) is 0 Å². The zero-order valence-corrected chi connectivity index (χ0v) is 6.86. The van der Waals surface area contributed by atoms with E-state index in [-0.39, 0.29) is 0 Å². The number of likely N-dealkylation sites (tertiary alicyclic amines) is 1. The molecule has 1 saturated heterocycles. The monoisotopic (exact) mass is 161 g/mol. The number of benzene rings is 1. The summed E-state index contributed by atoms with van der Waals surface area (Å²) in [5, 5.41) is 0. The highest BCUT2D eigenvalue weighted by atomic mass is 16.1. The molecule has 0 N–H and O–H groups in total. The first-order chi connectivity index (χ1) is 5.84. The van der Waals surface area contributed by atoms with Crippen molar-refractivity contribution in [3.63, 3.8) is 0 Å². The zero-order chi connectivity index (χ0) is 8.39. The van der Waals surface area contributed by atoms with Crippen LogP contribution in [-0.4, -0.2) is 23.8 Å². The molecular formula is C10H11NO. The van der Waals surface area contributed by atoms with Crippen molar-refractivity contribution in [1.29, 1.82) is 0 Å². The van der Waals surface area contributed by atoms with Gasteiger partial charge in [0.25, 0.3) is 0 Å². The van der Waals surface area contributed by atoms with Gasteiger partial charge in [-0.1, -0.05) is 30.3 Å². The van der Waals surface area contributed by atoms with Gasteiger partial charge >= 0.3 is 0 Å². The van der Waals surface area contributed by atoms with E-state index < -0.39 is 0 Å². The van der Waals surface area contributed by atoms with Crippen LogP contribution in [0.4, 0.5) is 0 Å². The summed E-state index contributed by atoms with van der Waals surface area (Å²) in [7, 11) is 0. The van der Waals surface area contributed by atoms with Crippen LogP contribution in [-0.2, 0) is 11.3 Å². The Morgan fingerprint density at radius 1 is 1.17 bits per heavy atom. The number of Topliss-reactive ketones (excluding diaryl/α,β-unsaturated/α-hetero) is 1. The van der Waals surface area contributed by atoms with Gasteiger partial charge in [0.15, 0.2) is 5.78 Å². The van der Waals surface area contributed by atoms with Crippen molar-refractivity contribution in [2.45, 2.75) is 6.54 Å². The highest BCUT2D eigenvalue weighted by Gasteiger charge is 2.22. The van der Waals surface area contributed by atoms with Gasteiger partial charge in [0.05, 0.1) is 13.1 Å². The molecule has 0 saturated carbocycles. The summed E-state index contributed by atoms with van der Waals surface area (Å²) in [5.74, 6) is 0.353.